The van der Waals surface area contributed by atoms with Crippen molar-refractivity contribution in [2.75, 3.05) is 0 Å². The van der Waals surface area contributed by atoms with E-state index in [0.717, 1.165) is 16.7 Å². The third kappa shape index (κ3) is 6.17. The zero-order valence-corrected chi connectivity index (χ0v) is 20.6. The third-order valence-corrected chi connectivity index (χ3v) is 7.03. The molecule has 1 fully saturated rings. The Kier molecular flexibility index (Phi) is 7.67. The highest BCUT2D eigenvalue weighted by Gasteiger charge is 2.34. The summed E-state index contributed by atoms with van der Waals surface area (Å²) in [6, 6.07) is 19.7. The van der Waals surface area contributed by atoms with Crippen molar-refractivity contribution >= 4 is 48.3 Å². The molecular weight excluding hydrogens is 484 g/mol. The lowest BCUT2D eigenvalue weighted by Gasteiger charge is -2.19. The van der Waals surface area contributed by atoms with Crippen molar-refractivity contribution in [2.45, 2.75) is 30.6 Å². The molecule has 4 rings (SSSR count). The van der Waals surface area contributed by atoms with E-state index in [4.69, 9.17) is 4.42 Å². The Morgan fingerprint density at radius 1 is 1.11 bits per heavy atom. The van der Waals surface area contributed by atoms with Crippen molar-refractivity contribution in [1.29, 1.82) is 0 Å². The fourth-order valence-electron chi connectivity index (χ4n) is 3.70. The molecule has 3 aromatic rings. The number of hydrogen-bond acceptors (Lipinski definition) is 6. The first-order valence-electron chi connectivity index (χ1n) is 10.9. The maximum atomic E-state index is 12.9. The van der Waals surface area contributed by atoms with Crippen molar-refractivity contribution in [3.05, 3.63) is 88.5 Å². The molecule has 0 spiro atoms. The first-order chi connectivity index (χ1) is 16.8. The van der Waals surface area contributed by atoms with E-state index < -0.39 is 17.9 Å². The fraction of sp³-hybridized carbons (Fsp3) is 0.192. The highest BCUT2D eigenvalue weighted by Crippen LogP contribution is 2.39. The van der Waals surface area contributed by atoms with E-state index in [2.05, 4.69) is 17.9 Å². The molecule has 9 heteroatoms. The minimum atomic E-state index is -1.09. The van der Waals surface area contributed by atoms with Gasteiger partial charge in [0.25, 0.3) is 5.91 Å². The molecule has 0 radical (unpaired) electrons. The van der Waals surface area contributed by atoms with E-state index in [1.807, 2.05) is 48.5 Å². The zero-order chi connectivity index (χ0) is 24.9. The maximum absolute atomic E-state index is 12.9. The van der Waals surface area contributed by atoms with Gasteiger partial charge < -0.3 is 19.7 Å². The Bertz CT molecular complexity index is 1250. The maximum Gasteiger partial charge on any atom is 0.326 e. The van der Waals surface area contributed by atoms with Crippen LogP contribution in [0.4, 0.5) is 0 Å². The summed E-state index contributed by atoms with van der Waals surface area (Å²) in [6.45, 7) is 1.77. The van der Waals surface area contributed by atoms with E-state index in [0.29, 0.717) is 23.0 Å². The molecule has 2 heterocycles. The number of aliphatic carboxylic acids is 1. The van der Waals surface area contributed by atoms with Crippen LogP contribution in [0.5, 0.6) is 0 Å². The van der Waals surface area contributed by atoms with Crippen LogP contribution < -0.4 is 5.32 Å². The van der Waals surface area contributed by atoms with Gasteiger partial charge in [-0.1, -0.05) is 66.4 Å². The second kappa shape index (κ2) is 10.9. The van der Waals surface area contributed by atoms with Gasteiger partial charge in [0.05, 0.1) is 4.91 Å². The first kappa shape index (κ1) is 24.7. The highest BCUT2D eigenvalue weighted by molar-refractivity contribution is 8.14. The Morgan fingerprint density at radius 2 is 1.83 bits per heavy atom. The summed E-state index contributed by atoms with van der Waals surface area (Å²) in [5.74, 6) is -0.387. The predicted octanol–water partition coefficient (Wildman–Crippen LogP) is 4.41. The van der Waals surface area contributed by atoms with Crippen molar-refractivity contribution in [3.63, 3.8) is 0 Å². The molecular formula is C26H24N2O5S2. The number of nitrogens with zero attached hydrogens (tertiary/aromatic N) is 1. The number of carbonyl (C=O) groups excluding carboxylic acids is 2. The van der Waals surface area contributed by atoms with E-state index >= 15 is 0 Å². The standard InChI is InChI=1S/C26H24N2O5S2/c1-16(29)27-21(25(31)32)13-17-7-9-19(10-8-17)22-12-11-20(33-22)14-23-24(30)28(26(34)35-23)15-18-5-3-2-4-6-18/h2-12,14,21,26,34H,13,15H2,1H3,(H,27,29)(H,31,32)/b23-14-/t21-,26-/m0/s1. The average molecular weight is 509 g/mol. The van der Waals surface area contributed by atoms with Crippen LogP contribution in [0.25, 0.3) is 17.4 Å². The van der Waals surface area contributed by atoms with E-state index in [1.165, 1.54) is 18.7 Å². The lowest BCUT2D eigenvalue weighted by Crippen LogP contribution is -2.41. The fourth-order valence-corrected chi connectivity index (χ4v) is 5.15. The average Bonchev–Trinajstić information content (AvgIpc) is 3.40. The molecule has 0 bridgehead atoms. The lowest BCUT2D eigenvalue weighted by molar-refractivity contribution is -0.141. The number of amides is 2. The van der Waals surface area contributed by atoms with Crippen molar-refractivity contribution in [1.82, 2.24) is 10.2 Å². The third-order valence-electron chi connectivity index (χ3n) is 5.42. The van der Waals surface area contributed by atoms with Crippen molar-refractivity contribution < 1.29 is 23.9 Å². The topological polar surface area (TPSA) is 99.9 Å². The summed E-state index contributed by atoms with van der Waals surface area (Å²) in [6.07, 6.45) is 1.90. The molecule has 1 saturated heterocycles. The van der Waals surface area contributed by atoms with Gasteiger partial charge in [0.2, 0.25) is 5.91 Å². The van der Waals surface area contributed by atoms with Crippen LogP contribution in [-0.4, -0.2) is 38.5 Å². The first-order valence-corrected chi connectivity index (χ1v) is 12.3. The minimum Gasteiger partial charge on any atom is -0.480 e. The van der Waals surface area contributed by atoms with Crippen LogP contribution >= 0.6 is 24.4 Å². The molecule has 1 aliphatic heterocycles. The van der Waals surface area contributed by atoms with Gasteiger partial charge in [0.15, 0.2) is 0 Å². The Hall–Kier alpha value is -3.43. The van der Waals surface area contributed by atoms with Gasteiger partial charge in [-0.05, 0) is 23.3 Å². The van der Waals surface area contributed by atoms with Crippen LogP contribution in [0, 0.1) is 0 Å². The van der Waals surface area contributed by atoms with E-state index in [-0.39, 0.29) is 17.0 Å². The zero-order valence-electron chi connectivity index (χ0n) is 18.9. The van der Waals surface area contributed by atoms with Gasteiger partial charge in [-0.3, -0.25) is 9.59 Å². The molecule has 2 atom stereocenters. The molecule has 2 amide bonds. The van der Waals surface area contributed by atoms with Gasteiger partial charge in [-0.15, -0.1) is 12.6 Å². The largest absolute Gasteiger partial charge is 0.480 e. The number of benzene rings is 2. The summed E-state index contributed by atoms with van der Waals surface area (Å²) in [4.78, 5) is 37.8. The van der Waals surface area contributed by atoms with Gasteiger partial charge in [0.1, 0.15) is 22.3 Å². The van der Waals surface area contributed by atoms with Gasteiger partial charge in [-0.2, -0.15) is 0 Å². The number of thiol groups is 1. The summed E-state index contributed by atoms with van der Waals surface area (Å²) < 4.78 is 5.67. The summed E-state index contributed by atoms with van der Waals surface area (Å²) in [5, 5.41) is 11.7. The number of nitrogens with one attached hydrogen (secondary N) is 1. The van der Waals surface area contributed by atoms with Gasteiger partial charge in [-0.25, -0.2) is 4.79 Å². The number of carboxylic acid groups (broad SMARTS) is 1. The minimum absolute atomic E-state index is 0.0895. The molecule has 1 aromatic heterocycles. The molecule has 2 aromatic carbocycles. The molecule has 0 aliphatic carbocycles. The highest BCUT2D eigenvalue weighted by atomic mass is 32.2. The lowest BCUT2D eigenvalue weighted by atomic mass is 10.0. The smallest absolute Gasteiger partial charge is 0.326 e. The summed E-state index contributed by atoms with van der Waals surface area (Å²) in [7, 11) is 0. The molecule has 35 heavy (non-hydrogen) atoms. The quantitative estimate of drug-likeness (QED) is 0.308. The van der Waals surface area contributed by atoms with Crippen molar-refractivity contribution in [3.8, 4) is 11.3 Å². The van der Waals surface area contributed by atoms with Gasteiger partial charge in [0, 0.05) is 31.5 Å². The number of thioether (sulfide) groups is 1. The number of carbonyl (C=O) groups is 3. The molecule has 1 aliphatic rings. The van der Waals surface area contributed by atoms with Crippen LogP contribution in [0.2, 0.25) is 0 Å². The Morgan fingerprint density at radius 3 is 2.49 bits per heavy atom. The van der Waals surface area contributed by atoms with Crippen LogP contribution in [-0.2, 0) is 27.3 Å². The number of rotatable bonds is 8. The van der Waals surface area contributed by atoms with Crippen LogP contribution in [0.1, 0.15) is 23.8 Å². The summed E-state index contributed by atoms with van der Waals surface area (Å²) >= 11 is 5.94. The van der Waals surface area contributed by atoms with E-state index in [1.54, 1.807) is 29.2 Å². The summed E-state index contributed by atoms with van der Waals surface area (Å²) in [5.41, 5.74) is 2.63. The monoisotopic (exact) mass is 508 g/mol. The number of furan rings is 1. The molecule has 0 unspecified atom stereocenters. The Balaban J connectivity index is 1.44. The molecule has 2 N–H and O–H groups in total. The van der Waals surface area contributed by atoms with Gasteiger partial charge >= 0.3 is 5.97 Å². The van der Waals surface area contributed by atoms with Crippen LogP contribution in [0.3, 0.4) is 0 Å². The number of carboxylic acids is 1. The van der Waals surface area contributed by atoms with Crippen LogP contribution in [0.15, 0.2) is 76.1 Å². The number of hydrogen-bond donors (Lipinski definition) is 3. The molecule has 180 valence electrons. The SMILES string of the molecule is CC(=O)N[C@@H](Cc1ccc(-c2ccc(/C=C3\S[C@H](S)N(Cc4ccccc4)C3=O)o2)cc1)C(=O)O. The Labute approximate surface area is 212 Å². The molecule has 0 saturated carbocycles. The second-order valence-corrected chi connectivity index (χ2v) is 10.0. The predicted molar refractivity (Wildman–Crippen MR) is 138 cm³/mol. The van der Waals surface area contributed by atoms with Crippen molar-refractivity contribution in [2.24, 2.45) is 0 Å². The molecule has 7 nitrogen and oxygen atoms in total. The second-order valence-electron chi connectivity index (χ2n) is 8.07. The normalized spacial score (nSPS) is 17.5. The van der Waals surface area contributed by atoms with E-state index in [9.17, 15) is 19.5 Å².